The molecule has 86 heavy (non-hydrogen) atoms. The number of aromatic nitrogens is 5. The van der Waals surface area contributed by atoms with Gasteiger partial charge in [0.15, 0.2) is 5.13 Å². The molecule has 1 saturated carbocycles. The number of thiazole rings is 2. The van der Waals surface area contributed by atoms with Crippen molar-refractivity contribution in [3.05, 3.63) is 130 Å². The number of aryl methyl sites for hydroxylation is 1. The summed E-state index contributed by atoms with van der Waals surface area (Å²) in [7, 11) is -4.20. The summed E-state index contributed by atoms with van der Waals surface area (Å²) in [5.41, 5.74) is 8.94. The van der Waals surface area contributed by atoms with Gasteiger partial charge in [0.1, 0.15) is 23.6 Å². The Bertz CT molecular complexity index is 3750. The Balaban J connectivity index is 0.714. The summed E-state index contributed by atoms with van der Waals surface area (Å²) in [5, 5.41) is 24.9. The summed E-state index contributed by atoms with van der Waals surface area (Å²) >= 11 is 2.96. The molecule has 4 aliphatic rings. The maximum atomic E-state index is 14.5. The Labute approximate surface area is 509 Å². The fourth-order valence-corrected chi connectivity index (χ4v) is 14.9. The van der Waals surface area contributed by atoms with Gasteiger partial charge in [-0.15, -0.1) is 11.3 Å². The molecule has 3 atom stereocenters. The number of hydrogen-bond acceptors (Lipinski definition) is 16. The largest absolute Gasteiger partial charge is 0.391 e. The number of carbonyl (C=O) groups is 5. The molecule has 2 saturated heterocycles. The third kappa shape index (κ3) is 13.6. The number of carbonyl (C=O) groups excluding carboxylic acids is 5. The van der Waals surface area contributed by atoms with Crippen molar-refractivity contribution >= 4 is 83.4 Å². The van der Waals surface area contributed by atoms with Gasteiger partial charge >= 0.3 is 0 Å². The van der Waals surface area contributed by atoms with E-state index in [-0.39, 0.29) is 49.2 Å². The molecule has 0 bridgehead atoms. The number of aliphatic hydroxyl groups is 1. The van der Waals surface area contributed by atoms with E-state index >= 15 is 0 Å². The van der Waals surface area contributed by atoms with E-state index in [9.17, 15) is 37.5 Å². The Morgan fingerprint density at radius 1 is 0.860 bits per heavy atom. The maximum absolute atomic E-state index is 14.5. The van der Waals surface area contributed by atoms with Gasteiger partial charge in [-0.25, -0.2) is 28.1 Å². The number of β-amino-alcohol motifs (C(OH)–C–C–N with tert-alkyl or cyclic N) is 1. The average Bonchev–Trinajstić information content (AvgIpc) is 1.80. The molecule has 5 N–H and O–H groups in total. The van der Waals surface area contributed by atoms with Crippen molar-refractivity contribution in [2.45, 2.75) is 124 Å². The zero-order chi connectivity index (χ0) is 60.4. The zero-order valence-electron chi connectivity index (χ0n) is 49.2. The van der Waals surface area contributed by atoms with Gasteiger partial charge in [0, 0.05) is 74.6 Å². The summed E-state index contributed by atoms with van der Waals surface area (Å²) < 4.78 is 33.0. The molecule has 23 heteroatoms. The number of pyridine rings is 1. The van der Waals surface area contributed by atoms with Crippen LogP contribution in [0.25, 0.3) is 31.8 Å². The predicted octanol–water partition coefficient (Wildman–Crippen LogP) is 7.88. The van der Waals surface area contributed by atoms with Gasteiger partial charge in [-0.1, -0.05) is 99.9 Å². The van der Waals surface area contributed by atoms with E-state index < -0.39 is 57.3 Å². The molecule has 0 radical (unpaired) electrons. The Hall–Kier alpha value is -7.44. The van der Waals surface area contributed by atoms with Crippen LogP contribution in [0.1, 0.15) is 115 Å². The summed E-state index contributed by atoms with van der Waals surface area (Å²) in [4.78, 5) is 90.5. The first-order valence-electron chi connectivity index (χ1n) is 29.6. The van der Waals surface area contributed by atoms with Gasteiger partial charge < -0.3 is 30.4 Å². The monoisotopic (exact) mass is 1220 g/mol. The van der Waals surface area contributed by atoms with E-state index in [1.165, 1.54) is 35.5 Å². The number of nitrogens with one attached hydrogen (secondary N) is 4. The van der Waals surface area contributed by atoms with Crippen molar-refractivity contribution in [1.82, 2.24) is 49.9 Å². The maximum Gasteiger partial charge on any atom is 0.284 e. The number of sulfonamides is 1. The lowest BCUT2D eigenvalue weighted by Crippen LogP contribution is -2.61. The molecule has 7 heterocycles. The van der Waals surface area contributed by atoms with Crippen LogP contribution in [0.5, 0.6) is 0 Å². The molecule has 5 amide bonds. The first-order valence-corrected chi connectivity index (χ1v) is 33.0. The summed E-state index contributed by atoms with van der Waals surface area (Å²) in [6, 6.07) is 22.9. The number of aliphatic hydroxyl groups excluding tert-OH is 1. The van der Waals surface area contributed by atoms with Crippen LogP contribution in [-0.4, -0.2) is 134 Å². The van der Waals surface area contributed by atoms with E-state index in [1.807, 2.05) is 116 Å². The number of benzene rings is 3. The van der Waals surface area contributed by atoms with Crippen LogP contribution in [0.4, 0.5) is 10.9 Å². The number of para-hydroxylation sites is 1. The van der Waals surface area contributed by atoms with E-state index in [1.54, 1.807) is 35.2 Å². The van der Waals surface area contributed by atoms with Crippen molar-refractivity contribution in [2.24, 2.45) is 17.3 Å². The van der Waals surface area contributed by atoms with Crippen LogP contribution in [0.2, 0.25) is 0 Å². The van der Waals surface area contributed by atoms with Crippen LogP contribution < -0.4 is 25.6 Å². The molecule has 7 aromatic rings. The topological polar surface area (TPSA) is 254 Å². The standard InChI is InChI=1S/C63H74N12O8S3/c1-38-55(84-37-65-38)43-21-19-40(20-22-43)30-64-59(79)51-29-45(76)35-74(51)61(81)56(63(3,4)5)69-57(77)44-33-72(34-44)26-12-28-86(82,83)71-60(80)54-46(48-31-66-75(39(48)2)32-41-13-7-6-8-14-41)23-24-53(68-54)73-27-25-42-15-11-16-47(49(42)36-73)58(78)70-62-67-50-17-9-10-18-52(50)85-62/h9-11,15-24,31,37,41,44-45,51,56,76H,6-8,12-14,25-30,32-36H2,1-5H3,(H,64,79)(H,69,77)(H,71,80)(H,67,70,78)/t45-,51+,56-/m1/s1. The van der Waals surface area contributed by atoms with Crippen molar-refractivity contribution in [3.63, 3.8) is 0 Å². The van der Waals surface area contributed by atoms with Gasteiger partial charge in [-0.05, 0) is 110 Å². The van der Waals surface area contributed by atoms with Crippen molar-refractivity contribution < 1.29 is 37.5 Å². The molecule has 1 aliphatic carbocycles. The summed E-state index contributed by atoms with van der Waals surface area (Å²) in [5.74, 6) is -2.28. The average molecular weight is 1220 g/mol. The van der Waals surface area contributed by atoms with Gasteiger partial charge in [0.25, 0.3) is 11.8 Å². The normalized spacial score (nSPS) is 18.1. The second-order valence-electron chi connectivity index (χ2n) is 24.4. The molecule has 3 aromatic carbocycles. The molecule has 3 fully saturated rings. The molecule has 0 unspecified atom stereocenters. The van der Waals surface area contributed by atoms with Crippen LogP contribution >= 0.6 is 22.7 Å². The van der Waals surface area contributed by atoms with E-state index in [0.717, 1.165) is 68.1 Å². The molecular formula is C63H74N12O8S3. The molecule has 4 aromatic heterocycles. The number of hydrogen-bond donors (Lipinski definition) is 5. The lowest BCUT2D eigenvalue weighted by atomic mass is 9.84. The van der Waals surface area contributed by atoms with Crippen LogP contribution in [0.15, 0.2) is 90.6 Å². The predicted molar refractivity (Wildman–Crippen MR) is 333 cm³/mol. The van der Waals surface area contributed by atoms with Crippen LogP contribution in [0, 0.1) is 31.1 Å². The van der Waals surface area contributed by atoms with E-state index in [0.29, 0.717) is 72.7 Å². The quantitative estimate of drug-likeness (QED) is 0.0517. The lowest BCUT2D eigenvalue weighted by molar-refractivity contribution is -0.145. The first-order chi connectivity index (χ1) is 41.2. The fraction of sp³-hybridized carbons (Fsp3) is 0.444. The first kappa shape index (κ1) is 60.3. The summed E-state index contributed by atoms with van der Waals surface area (Å²) in [6.45, 7) is 12.2. The van der Waals surface area contributed by atoms with Crippen LogP contribution in [-0.2, 0) is 50.5 Å². The fourth-order valence-electron chi connectivity index (χ4n) is 12.3. The highest BCUT2D eigenvalue weighted by Gasteiger charge is 2.46. The van der Waals surface area contributed by atoms with Crippen molar-refractivity contribution in [3.8, 4) is 21.6 Å². The Morgan fingerprint density at radius 3 is 2.38 bits per heavy atom. The SMILES string of the molecule is Cc1ncsc1-c1ccc(CNC(=O)[C@@H]2C[C@@H](O)CN2C(=O)[C@@H](NC(=O)C2CN(CCCS(=O)(=O)NC(=O)c3nc(N4CCc5cccc(C(=O)Nc6nc7ccccc7s6)c5C4)ccc3-c3cnn(CC4CCCCC4)c3C)C2)C(C)(C)C)cc1. The third-order valence-electron chi connectivity index (χ3n) is 17.2. The lowest BCUT2D eigenvalue weighted by Gasteiger charge is -2.41. The number of likely N-dealkylation sites (tertiary alicyclic amines) is 2. The summed E-state index contributed by atoms with van der Waals surface area (Å²) in [6.07, 6.45) is 7.47. The number of anilines is 2. The highest BCUT2D eigenvalue weighted by Crippen LogP contribution is 2.35. The molecule has 3 aliphatic heterocycles. The van der Waals surface area contributed by atoms with Gasteiger partial charge in [0.2, 0.25) is 27.7 Å². The Kier molecular flexibility index (Phi) is 17.9. The third-order valence-corrected chi connectivity index (χ3v) is 20.4. The smallest absolute Gasteiger partial charge is 0.284 e. The Morgan fingerprint density at radius 2 is 1.64 bits per heavy atom. The zero-order valence-corrected chi connectivity index (χ0v) is 51.6. The molecule has 0 spiro atoms. The van der Waals surface area contributed by atoms with E-state index in [2.05, 4.69) is 30.6 Å². The second kappa shape index (κ2) is 25.5. The van der Waals surface area contributed by atoms with Crippen molar-refractivity contribution in [2.75, 3.05) is 48.7 Å². The highest BCUT2D eigenvalue weighted by molar-refractivity contribution is 7.90. The molecular weight excluding hydrogens is 1150 g/mol. The number of fused-ring (bicyclic) bond motifs is 2. The van der Waals surface area contributed by atoms with Gasteiger partial charge in [0.05, 0.1) is 50.3 Å². The number of amides is 5. The van der Waals surface area contributed by atoms with Gasteiger partial charge in [-0.2, -0.15) is 5.10 Å². The minimum Gasteiger partial charge on any atom is -0.391 e. The minimum atomic E-state index is -4.20. The van der Waals surface area contributed by atoms with Crippen molar-refractivity contribution in [1.29, 1.82) is 0 Å². The van der Waals surface area contributed by atoms with E-state index in [4.69, 9.17) is 10.1 Å². The molecule has 452 valence electrons. The van der Waals surface area contributed by atoms with Crippen LogP contribution in [0.3, 0.4) is 0 Å². The number of rotatable bonds is 19. The number of nitrogens with zero attached hydrogens (tertiary/aromatic N) is 8. The van der Waals surface area contributed by atoms with Gasteiger partial charge in [-0.3, -0.25) is 34.0 Å². The highest BCUT2D eigenvalue weighted by atomic mass is 32.2. The minimum absolute atomic E-state index is 0.0519. The second-order valence-corrected chi connectivity index (χ2v) is 28.1. The molecule has 20 nitrogen and oxygen atoms in total. The molecule has 11 rings (SSSR count).